The molecular weight excluding hydrogens is 226 g/mol. The first-order chi connectivity index (χ1) is 8.60. The molecule has 2 atom stereocenters. The van der Waals surface area contributed by atoms with Crippen LogP contribution < -0.4 is 4.74 Å². The van der Waals surface area contributed by atoms with Crippen LogP contribution in [0.1, 0.15) is 32.8 Å². The molecule has 2 rings (SSSR count). The maximum Gasteiger partial charge on any atom is 0.161 e. The molecule has 1 aliphatic rings. The predicted molar refractivity (Wildman–Crippen MR) is 72.9 cm³/mol. The van der Waals surface area contributed by atoms with Crippen molar-refractivity contribution < 1.29 is 9.84 Å². The molecule has 2 unspecified atom stereocenters. The molecule has 0 amide bonds. The number of likely N-dealkylation sites (tertiary alicyclic amines) is 1. The zero-order valence-corrected chi connectivity index (χ0v) is 11.5. The van der Waals surface area contributed by atoms with Gasteiger partial charge in [-0.05, 0) is 43.9 Å². The number of hydrogen-bond acceptors (Lipinski definition) is 3. The van der Waals surface area contributed by atoms with E-state index in [1.54, 1.807) is 6.07 Å². The van der Waals surface area contributed by atoms with Crippen LogP contribution in [0.25, 0.3) is 0 Å². The minimum atomic E-state index is 0.225. The van der Waals surface area contributed by atoms with Crippen LogP contribution in [0, 0.1) is 5.92 Å². The lowest BCUT2D eigenvalue weighted by atomic mass is 10.1. The van der Waals surface area contributed by atoms with Gasteiger partial charge in [0.15, 0.2) is 11.5 Å². The molecule has 1 heterocycles. The van der Waals surface area contributed by atoms with Crippen molar-refractivity contribution in [3.63, 3.8) is 0 Å². The van der Waals surface area contributed by atoms with E-state index in [1.807, 2.05) is 19.1 Å². The smallest absolute Gasteiger partial charge is 0.161 e. The highest BCUT2D eigenvalue weighted by molar-refractivity contribution is 5.41. The van der Waals surface area contributed by atoms with Gasteiger partial charge in [-0.15, -0.1) is 0 Å². The van der Waals surface area contributed by atoms with Gasteiger partial charge in [-0.25, -0.2) is 0 Å². The van der Waals surface area contributed by atoms with E-state index >= 15 is 0 Å². The Kier molecular flexibility index (Phi) is 4.12. The van der Waals surface area contributed by atoms with Gasteiger partial charge in [-0.2, -0.15) is 0 Å². The Morgan fingerprint density at radius 2 is 2.17 bits per heavy atom. The lowest BCUT2D eigenvalue weighted by Crippen LogP contribution is -2.26. The van der Waals surface area contributed by atoms with Crippen molar-refractivity contribution in [2.24, 2.45) is 5.92 Å². The fourth-order valence-electron chi connectivity index (χ4n) is 2.77. The Bertz CT molecular complexity index is 405. The Hall–Kier alpha value is -1.22. The highest BCUT2D eigenvalue weighted by atomic mass is 16.5. The molecule has 1 aromatic carbocycles. The van der Waals surface area contributed by atoms with E-state index in [0.717, 1.165) is 19.0 Å². The summed E-state index contributed by atoms with van der Waals surface area (Å²) >= 11 is 0. The van der Waals surface area contributed by atoms with Gasteiger partial charge in [0, 0.05) is 19.1 Å². The van der Waals surface area contributed by atoms with E-state index in [1.165, 1.54) is 12.0 Å². The van der Waals surface area contributed by atoms with Crippen molar-refractivity contribution in [3.8, 4) is 11.5 Å². The predicted octanol–water partition coefficient (Wildman–Crippen LogP) is 3.02. The second kappa shape index (κ2) is 5.61. The fourth-order valence-corrected chi connectivity index (χ4v) is 2.77. The van der Waals surface area contributed by atoms with Crippen LogP contribution in [0.15, 0.2) is 18.2 Å². The SMILES string of the molecule is CCOc1cc(CN2CC(C)CC2C)ccc1O. The highest BCUT2D eigenvalue weighted by Gasteiger charge is 2.25. The summed E-state index contributed by atoms with van der Waals surface area (Å²) in [5.74, 6) is 1.60. The number of aromatic hydroxyl groups is 1. The van der Waals surface area contributed by atoms with E-state index in [0.29, 0.717) is 18.4 Å². The number of benzene rings is 1. The second-order valence-electron chi connectivity index (χ2n) is 5.35. The molecular formula is C15H23NO2. The standard InChI is InChI=1S/C15H23NO2/c1-4-18-15-8-13(5-6-14(15)17)10-16-9-11(2)7-12(16)3/h5-6,8,11-12,17H,4,7,9-10H2,1-3H3. The number of rotatable bonds is 4. The summed E-state index contributed by atoms with van der Waals surface area (Å²) in [4.78, 5) is 2.49. The summed E-state index contributed by atoms with van der Waals surface area (Å²) in [7, 11) is 0. The number of hydrogen-bond donors (Lipinski definition) is 1. The Morgan fingerprint density at radius 1 is 1.39 bits per heavy atom. The van der Waals surface area contributed by atoms with Gasteiger partial charge in [0.25, 0.3) is 0 Å². The zero-order valence-electron chi connectivity index (χ0n) is 11.5. The molecule has 1 saturated heterocycles. The summed E-state index contributed by atoms with van der Waals surface area (Å²) in [6.07, 6.45) is 1.27. The topological polar surface area (TPSA) is 32.7 Å². The van der Waals surface area contributed by atoms with Crippen molar-refractivity contribution >= 4 is 0 Å². The van der Waals surface area contributed by atoms with Crippen LogP contribution in [0.3, 0.4) is 0 Å². The average molecular weight is 249 g/mol. The molecule has 3 nitrogen and oxygen atoms in total. The lowest BCUT2D eigenvalue weighted by Gasteiger charge is -2.21. The number of phenols is 1. The summed E-state index contributed by atoms with van der Waals surface area (Å²) in [6, 6.07) is 6.30. The quantitative estimate of drug-likeness (QED) is 0.890. The molecule has 1 fully saturated rings. The third-order valence-corrected chi connectivity index (χ3v) is 3.62. The van der Waals surface area contributed by atoms with Crippen LogP contribution >= 0.6 is 0 Å². The largest absolute Gasteiger partial charge is 0.504 e. The second-order valence-corrected chi connectivity index (χ2v) is 5.35. The van der Waals surface area contributed by atoms with Crippen LogP contribution in [-0.4, -0.2) is 29.2 Å². The summed E-state index contributed by atoms with van der Waals surface area (Å²) in [6.45, 7) is 9.19. The number of ether oxygens (including phenoxy) is 1. The fraction of sp³-hybridized carbons (Fsp3) is 0.600. The first kappa shape index (κ1) is 13.2. The van der Waals surface area contributed by atoms with E-state index in [4.69, 9.17) is 4.74 Å². The summed E-state index contributed by atoms with van der Waals surface area (Å²) < 4.78 is 5.42. The molecule has 1 N–H and O–H groups in total. The molecule has 18 heavy (non-hydrogen) atoms. The number of phenolic OH excluding ortho intramolecular Hbond substituents is 1. The average Bonchev–Trinajstić information content (AvgIpc) is 2.62. The van der Waals surface area contributed by atoms with Crippen molar-refractivity contribution in [2.75, 3.05) is 13.2 Å². The molecule has 0 aromatic heterocycles. The molecule has 3 heteroatoms. The summed E-state index contributed by atoms with van der Waals surface area (Å²) in [5, 5.41) is 9.68. The lowest BCUT2D eigenvalue weighted by molar-refractivity contribution is 0.255. The molecule has 0 saturated carbocycles. The van der Waals surface area contributed by atoms with Gasteiger partial charge in [0.2, 0.25) is 0 Å². The summed E-state index contributed by atoms with van der Waals surface area (Å²) in [5.41, 5.74) is 1.21. The highest BCUT2D eigenvalue weighted by Crippen LogP contribution is 2.29. The molecule has 100 valence electrons. The van der Waals surface area contributed by atoms with Crippen LogP contribution in [0.4, 0.5) is 0 Å². The minimum Gasteiger partial charge on any atom is -0.504 e. The third-order valence-electron chi connectivity index (χ3n) is 3.62. The molecule has 0 bridgehead atoms. The van der Waals surface area contributed by atoms with E-state index in [2.05, 4.69) is 18.7 Å². The van der Waals surface area contributed by atoms with Crippen molar-refractivity contribution in [1.29, 1.82) is 0 Å². The van der Waals surface area contributed by atoms with Crippen molar-refractivity contribution in [2.45, 2.75) is 39.8 Å². The van der Waals surface area contributed by atoms with Crippen molar-refractivity contribution in [1.82, 2.24) is 4.90 Å². The first-order valence-electron chi connectivity index (χ1n) is 6.79. The zero-order chi connectivity index (χ0) is 13.1. The van der Waals surface area contributed by atoms with Gasteiger partial charge in [0.1, 0.15) is 0 Å². The molecule has 0 spiro atoms. The van der Waals surface area contributed by atoms with E-state index in [-0.39, 0.29) is 5.75 Å². The first-order valence-corrected chi connectivity index (χ1v) is 6.79. The third kappa shape index (κ3) is 2.96. The monoisotopic (exact) mass is 249 g/mol. The van der Waals surface area contributed by atoms with E-state index in [9.17, 15) is 5.11 Å². The van der Waals surface area contributed by atoms with Crippen LogP contribution in [-0.2, 0) is 6.54 Å². The minimum absolute atomic E-state index is 0.225. The number of nitrogens with zero attached hydrogens (tertiary/aromatic N) is 1. The van der Waals surface area contributed by atoms with Crippen molar-refractivity contribution in [3.05, 3.63) is 23.8 Å². The molecule has 1 aromatic rings. The maximum atomic E-state index is 9.68. The van der Waals surface area contributed by atoms with Gasteiger partial charge < -0.3 is 9.84 Å². The van der Waals surface area contributed by atoms with Gasteiger partial charge in [-0.3, -0.25) is 4.90 Å². The molecule has 0 radical (unpaired) electrons. The molecule has 0 aliphatic carbocycles. The molecule has 1 aliphatic heterocycles. The Labute approximate surface area is 109 Å². The maximum absolute atomic E-state index is 9.68. The Morgan fingerprint density at radius 3 is 2.78 bits per heavy atom. The van der Waals surface area contributed by atoms with Crippen LogP contribution in [0.5, 0.6) is 11.5 Å². The van der Waals surface area contributed by atoms with Crippen LogP contribution in [0.2, 0.25) is 0 Å². The normalized spacial score (nSPS) is 24.4. The van der Waals surface area contributed by atoms with Gasteiger partial charge in [-0.1, -0.05) is 13.0 Å². The van der Waals surface area contributed by atoms with Gasteiger partial charge >= 0.3 is 0 Å². The van der Waals surface area contributed by atoms with E-state index < -0.39 is 0 Å². The van der Waals surface area contributed by atoms with Gasteiger partial charge in [0.05, 0.1) is 6.61 Å². The Balaban J connectivity index is 2.07.